The van der Waals surface area contributed by atoms with Crippen molar-refractivity contribution >= 4 is 19.3 Å². The van der Waals surface area contributed by atoms with Gasteiger partial charge in [-0.15, -0.1) is 0 Å². The van der Waals surface area contributed by atoms with Gasteiger partial charge in [0.25, 0.3) is 0 Å². The van der Waals surface area contributed by atoms with Gasteiger partial charge in [0.1, 0.15) is 11.4 Å². The normalized spacial score (nSPS) is 18.8. The Morgan fingerprint density at radius 3 is 2.16 bits per heavy atom. The standard InChI is InChI=1S/C21H28BF4NO4/c1-18(2,3)29-17(28)27-12-15(22-30-19(4,5)20(6,7)31-22)11-13-10-14(21(24,25)26)8-9-16(13)23/h8-11H,12H2,1-7H3,(H,27,28). The van der Waals surface area contributed by atoms with Crippen LogP contribution in [-0.2, 0) is 20.2 Å². The molecule has 1 aromatic carbocycles. The number of carbonyl (C=O) groups is 1. The molecule has 1 saturated heterocycles. The highest BCUT2D eigenvalue weighted by molar-refractivity contribution is 6.56. The van der Waals surface area contributed by atoms with Crippen molar-refractivity contribution in [3.05, 3.63) is 40.6 Å². The van der Waals surface area contributed by atoms with Crippen molar-refractivity contribution in [3.8, 4) is 0 Å². The fraction of sp³-hybridized carbons (Fsp3) is 0.571. The van der Waals surface area contributed by atoms with E-state index in [9.17, 15) is 22.4 Å². The number of carbonyl (C=O) groups excluding carboxylic acids is 1. The van der Waals surface area contributed by atoms with Gasteiger partial charge in [-0.05, 0) is 72.1 Å². The zero-order valence-corrected chi connectivity index (χ0v) is 18.7. The second kappa shape index (κ2) is 8.46. The van der Waals surface area contributed by atoms with Crippen LogP contribution in [0.25, 0.3) is 6.08 Å². The molecule has 0 unspecified atom stereocenters. The van der Waals surface area contributed by atoms with Gasteiger partial charge in [-0.3, -0.25) is 0 Å². The molecule has 5 nitrogen and oxygen atoms in total. The first kappa shape index (κ1) is 25.2. The van der Waals surface area contributed by atoms with E-state index >= 15 is 0 Å². The van der Waals surface area contributed by atoms with E-state index in [2.05, 4.69) is 5.32 Å². The minimum absolute atomic E-state index is 0.179. The molecule has 31 heavy (non-hydrogen) atoms. The number of alkyl carbamates (subject to hydrolysis) is 1. The van der Waals surface area contributed by atoms with Crippen LogP contribution in [0.2, 0.25) is 0 Å². The third kappa shape index (κ3) is 6.46. The van der Waals surface area contributed by atoms with Crippen LogP contribution in [-0.4, -0.2) is 36.6 Å². The predicted octanol–water partition coefficient (Wildman–Crippen LogP) is 5.38. The van der Waals surface area contributed by atoms with Gasteiger partial charge in [-0.1, -0.05) is 6.08 Å². The summed E-state index contributed by atoms with van der Waals surface area (Å²) in [6, 6.07) is 2.12. The van der Waals surface area contributed by atoms with Gasteiger partial charge < -0.3 is 19.4 Å². The molecule has 1 aromatic rings. The van der Waals surface area contributed by atoms with E-state index in [1.165, 1.54) is 6.08 Å². The van der Waals surface area contributed by atoms with Crippen LogP contribution in [0, 0.1) is 5.82 Å². The van der Waals surface area contributed by atoms with Crippen molar-refractivity contribution in [2.45, 2.75) is 71.4 Å². The molecule has 1 aliphatic heterocycles. The van der Waals surface area contributed by atoms with Gasteiger partial charge in [0.15, 0.2) is 0 Å². The lowest BCUT2D eigenvalue weighted by Crippen LogP contribution is -2.41. The maximum atomic E-state index is 14.3. The first-order chi connectivity index (χ1) is 13.9. The Morgan fingerprint density at radius 2 is 1.68 bits per heavy atom. The van der Waals surface area contributed by atoms with E-state index in [1.807, 2.05) is 0 Å². The molecule has 1 aliphatic rings. The summed E-state index contributed by atoms with van der Waals surface area (Å²) < 4.78 is 70.7. The Hall–Kier alpha value is -2.07. The Labute approximate surface area is 180 Å². The quantitative estimate of drug-likeness (QED) is 0.499. The molecule has 0 aliphatic carbocycles. The fourth-order valence-corrected chi connectivity index (χ4v) is 2.72. The predicted molar refractivity (Wildman–Crippen MR) is 110 cm³/mol. The van der Waals surface area contributed by atoms with Crippen LogP contribution in [0.15, 0.2) is 23.7 Å². The number of ether oxygens (including phenoxy) is 1. The number of alkyl halides is 3. The second-order valence-electron chi connectivity index (χ2n) is 9.40. The molecule has 1 heterocycles. The topological polar surface area (TPSA) is 56.8 Å². The van der Waals surface area contributed by atoms with Crippen LogP contribution >= 0.6 is 0 Å². The van der Waals surface area contributed by atoms with Crippen molar-refractivity contribution in [2.75, 3.05) is 6.54 Å². The lowest BCUT2D eigenvalue weighted by Gasteiger charge is -2.32. The number of rotatable bonds is 4. The number of hydrogen-bond acceptors (Lipinski definition) is 4. The fourth-order valence-electron chi connectivity index (χ4n) is 2.72. The van der Waals surface area contributed by atoms with Crippen molar-refractivity contribution in [1.29, 1.82) is 0 Å². The zero-order chi connectivity index (χ0) is 23.8. The van der Waals surface area contributed by atoms with Crippen LogP contribution < -0.4 is 5.32 Å². The minimum Gasteiger partial charge on any atom is -0.444 e. The molecule has 0 atom stereocenters. The van der Waals surface area contributed by atoms with Crippen LogP contribution in [0.4, 0.5) is 22.4 Å². The number of hydrogen-bond donors (Lipinski definition) is 1. The average Bonchev–Trinajstić information content (AvgIpc) is 2.78. The van der Waals surface area contributed by atoms with Gasteiger partial charge in [-0.2, -0.15) is 13.2 Å². The van der Waals surface area contributed by atoms with Gasteiger partial charge in [0.05, 0.1) is 16.8 Å². The lowest BCUT2D eigenvalue weighted by atomic mass is 9.77. The average molecular weight is 445 g/mol. The van der Waals surface area contributed by atoms with Gasteiger partial charge in [0.2, 0.25) is 0 Å². The van der Waals surface area contributed by atoms with E-state index in [0.29, 0.717) is 12.1 Å². The molecule has 0 bridgehead atoms. The Balaban J connectivity index is 2.40. The molecule has 2 rings (SSSR count). The molecule has 1 fully saturated rings. The molecule has 0 spiro atoms. The Bertz CT molecular complexity index is 844. The highest BCUT2D eigenvalue weighted by atomic mass is 19.4. The van der Waals surface area contributed by atoms with E-state index in [-0.39, 0.29) is 17.6 Å². The summed E-state index contributed by atoms with van der Waals surface area (Å²) in [5, 5.41) is 2.52. The maximum absolute atomic E-state index is 14.3. The summed E-state index contributed by atoms with van der Waals surface area (Å²) in [7, 11) is -1.01. The van der Waals surface area contributed by atoms with E-state index in [4.69, 9.17) is 14.0 Å². The summed E-state index contributed by atoms with van der Waals surface area (Å²) in [6.45, 7) is 12.1. The molecule has 0 aromatic heterocycles. The molecule has 1 amide bonds. The first-order valence-electron chi connectivity index (χ1n) is 9.81. The summed E-state index contributed by atoms with van der Waals surface area (Å²) in [5.74, 6) is -0.848. The summed E-state index contributed by atoms with van der Waals surface area (Å²) >= 11 is 0. The maximum Gasteiger partial charge on any atom is 0.492 e. The highest BCUT2D eigenvalue weighted by Crippen LogP contribution is 2.39. The zero-order valence-electron chi connectivity index (χ0n) is 18.7. The van der Waals surface area contributed by atoms with Crippen molar-refractivity contribution < 1.29 is 36.4 Å². The Kier molecular flexibility index (Phi) is 6.88. The van der Waals surface area contributed by atoms with Gasteiger partial charge in [-0.25, -0.2) is 9.18 Å². The highest BCUT2D eigenvalue weighted by Gasteiger charge is 2.52. The van der Waals surface area contributed by atoms with Crippen LogP contribution in [0.1, 0.15) is 59.6 Å². The van der Waals surface area contributed by atoms with Crippen molar-refractivity contribution in [1.82, 2.24) is 5.32 Å². The number of amides is 1. The second-order valence-corrected chi connectivity index (χ2v) is 9.40. The van der Waals surface area contributed by atoms with Gasteiger partial charge >= 0.3 is 19.4 Å². The lowest BCUT2D eigenvalue weighted by molar-refractivity contribution is -0.137. The molecule has 172 valence electrons. The van der Waals surface area contributed by atoms with Crippen molar-refractivity contribution in [3.63, 3.8) is 0 Å². The first-order valence-corrected chi connectivity index (χ1v) is 9.81. The molecule has 1 N–H and O–H groups in total. The van der Waals surface area contributed by atoms with E-state index in [1.54, 1.807) is 48.5 Å². The monoisotopic (exact) mass is 445 g/mol. The molecular formula is C21H28BF4NO4. The summed E-state index contributed by atoms with van der Waals surface area (Å²) in [4.78, 5) is 12.1. The third-order valence-electron chi connectivity index (χ3n) is 5.06. The molecule has 0 saturated carbocycles. The smallest absolute Gasteiger partial charge is 0.444 e. The van der Waals surface area contributed by atoms with Crippen LogP contribution in [0.3, 0.4) is 0 Å². The molecular weight excluding hydrogens is 417 g/mol. The largest absolute Gasteiger partial charge is 0.492 e. The molecule has 10 heteroatoms. The summed E-state index contributed by atoms with van der Waals surface area (Å²) in [6.07, 6.45) is -4.17. The van der Waals surface area contributed by atoms with Crippen LogP contribution in [0.5, 0.6) is 0 Å². The summed E-state index contributed by atoms with van der Waals surface area (Å²) in [5.41, 5.74) is -3.28. The number of nitrogens with one attached hydrogen (secondary N) is 1. The number of halogens is 4. The van der Waals surface area contributed by atoms with Crippen molar-refractivity contribution in [2.24, 2.45) is 0 Å². The Morgan fingerprint density at radius 1 is 1.13 bits per heavy atom. The van der Waals surface area contributed by atoms with E-state index < -0.39 is 47.6 Å². The third-order valence-corrected chi connectivity index (χ3v) is 5.06. The minimum atomic E-state index is -4.63. The van der Waals surface area contributed by atoms with E-state index in [0.717, 1.165) is 6.07 Å². The SMILES string of the molecule is CC(C)(C)OC(=O)NCC(=Cc1cc(C(F)(F)F)ccc1F)B1OC(C)(C)C(C)(C)O1. The number of benzene rings is 1. The van der Waals surface area contributed by atoms with Gasteiger partial charge in [0, 0.05) is 12.1 Å². The molecule has 0 radical (unpaired) electrons.